The molecule has 0 aliphatic carbocycles. The molecule has 2 amide bonds. The fourth-order valence-electron chi connectivity index (χ4n) is 1.73. The Bertz CT molecular complexity index is 489. The fourth-order valence-corrected chi connectivity index (χ4v) is 1.73. The molecular weight excluding hydrogens is 268 g/mol. The molecule has 1 aromatic carbocycles. The van der Waals surface area contributed by atoms with Crippen LogP contribution in [0.3, 0.4) is 0 Å². The summed E-state index contributed by atoms with van der Waals surface area (Å²) in [5.74, 6) is -0.364. The highest BCUT2D eigenvalue weighted by Gasteiger charge is 2.19. The number of anilines is 1. The van der Waals surface area contributed by atoms with Gasteiger partial charge in [-0.1, -0.05) is 17.7 Å². The summed E-state index contributed by atoms with van der Waals surface area (Å²) < 4.78 is 5.03. The predicted molar refractivity (Wildman–Crippen MR) is 83.3 cm³/mol. The van der Waals surface area contributed by atoms with E-state index in [4.69, 9.17) is 4.74 Å². The number of hydrogen-bond donors (Lipinski definition) is 2. The summed E-state index contributed by atoms with van der Waals surface area (Å²) in [6.07, 6.45) is -0.525. The maximum atomic E-state index is 11.7. The summed E-state index contributed by atoms with van der Waals surface area (Å²) in [4.78, 5) is 23.2. The lowest BCUT2D eigenvalue weighted by atomic mass is 10.2. The molecule has 5 heteroatoms. The third kappa shape index (κ3) is 7.34. The second-order valence-electron chi connectivity index (χ2n) is 6.17. The van der Waals surface area contributed by atoms with E-state index in [1.807, 2.05) is 38.1 Å². The van der Waals surface area contributed by atoms with Gasteiger partial charge in [0.1, 0.15) is 5.60 Å². The van der Waals surface area contributed by atoms with Gasteiger partial charge in [-0.3, -0.25) is 10.1 Å². The summed E-state index contributed by atoms with van der Waals surface area (Å²) in [6.45, 7) is 9.14. The third-order valence-electron chi connectivity index (χ3n) is 2.60. The maximum Gasteiger partial charge on any atom is 0.414 e. The van der Waals surface area contributed by atoms with E-state index in [0.717, 1.165) is 5.69 Å². The standard InChI is InChI=1S/C16H24N2O3/c1-11-6-8-13(9-7-11)17-12(2)10-14(19)18-15(20)21-16(3,4)5/h6-9,12,17H,10H2,1-5H3,(H,18,19,20)/t12-/m1/s1. The summed E-state index contributed by atoms with van der Waals surface area (Å²) in [5.41, 5.74) is 1.50. The van der Waals surface area contributed by atoms with Gasteiger partial charge in [-0.05, 0) is 46.8 Å². The second kappa shape index (κ2) is 7.11. The summed E-state index contributed by atoms with van der Waals surface area (Å²) in [7, 11) is 0. The fraction of sp³-hybridized carbons (Fsp3) is 0.500. The number of carbonyl (C=O) groups is 2. The van der Waals surface area contributed by atoms with Crippen LogP contribution in [0.5, 0.6) is 0 Å². The molecule has 0 saturated heterocycles. The van der Waals surface area contributed by atoms with Crippen LogP contribution in [0.15, 0.2) is 24.3 Å². The smallest absolute Gasteiger partial charge is 0.414 e. The molecule has 1 atom stereocenters. The number of alkyl carbamates (subject to hydrolysis) is 1. The van der Waals surface area contributed by atoms with Crippen LogP contribution in [-0.2, 0) is 9.53 Å². The van der Waals surface area contributed by atoms with E-state index in [1.54, 1.807) is 20.8 Å². The van der Waals surface area contributed by atoms with E-state index in [1.165, 1.54) is 5.56 Å². The predicted octanol–water partition coefficient (Wildman–Crippen LogP) is 3.24. The van der Waals surface area contributed by atoms with Crippen molar-refractivity contribution in [3.63, 3.8) is 0 Å². The van der Waals surface area contributed by atoms with Crippen molar-refractivity contribution in [2.45, 2.75) is 52.7 Å². The van der Waals surface area contributed by atoms with Crippen molar-refractivity contribution < 1.29 is 14.3 Å². The Kier molecular flexibility index (Phi) is 5.76. The van der Waals surface area contributed by atoms with Crippen LogP contribution in [0.25, 0.3) is 0 Å². The van der Waals surface area contributed by atoms with Gasteiger partial charge in [0.05, 0.1) is 0 Å². The SMILES string of the molecule is Cc1ccc(N[C@H](C)CC(=O)NC(=O)OC(C)(C)C)cc1. The zero-order chi connectivity index (χ0) is 16.0. The van der Waals surface area contributed by atoms with Gasteiger partial charge in [0.2, 0.25) is 5.91 Å². The molecule has 0 spiro atoms. The topological polar surface area (TPSA) is 67.4 Å². The molecule has 1 rings (SSSR count). The Morgan fingerprint density at radius 1 is 1.19 bits per heavy atom. The van der Waals surface area contributed by atoms with Gasteiger partial charge in [0.25, 0.3) is 0 Å². The molecule has 0 bridgehead atoms. The van der Waals surface area contributed by atoms with Crippen LogP contribution < -0.4 is 10.6 Å². The Labute approximate surface area is 126 Å². The molecule has 0 aromatic heterocycles. The molecule has 0 heterocycles. The quantitative estimate of drug-likeness (QED) is 0.894. The molecular formula is C16H24N2O3. The minimum atomic E-state index is -0.713. The van der Waals surface area contributed by atoms with Gasteiger partial charge in [0, 0.05) is 18.2 Å². The number of rotatable bonds is 4. The highest BCUT2D eigenvalue weighted by molar-refractivity contribution is 5.92. The highest BCUT2D eigenvalue weighted by Crippen LogP contribution is 2.11. The van der Waals surface area contributed by atoms with Crippen LogP contribution in [0.4, 0.5) is 10.5 Å². The second-order valence-corrected chi connectivity index (χ2v) is 6.17. The molecule has 0 saturated carbocycles. The van der Waals surface area contributed by atoms with Gasteiger partial charge < -0.3 is 10.1 Å². The van der Waals surface area contributed by atoms with E-state index in [0.29, 0.717) is 0 Å². The number of hydrogen-bond acceptors (Lipinski definition) is 4. The number of carbonyl (C=O) groups excluding carboxylic acids is 2. The van der Waals surface area contributed by atoms with E-state index in [2.05, 4.69) is 10.6 Å². The summed E-state index contributed by atoms with van der Waals surface area (Å²) >= 11 is 0. The zero-order valence-electron chi connectivity index (χ0n) is 13.3. The van der Waals surface area contributed by atoms with Gasteiger partial charge in [-0.2, -0.15) is 0 Å². The van der Waals surface area contributed by atoms with Crippen molar-refractivity contribution in [1.82, 2.24) is 5.32 Å². The first kappa shape index (κ1) is 17.0. The van der Waals surface area contributed by atoms with Crippen LogP contribution in [0.2, 0.25) is 0 Å². The van der Waals surface area contributed by atoms with Crippen molar-refractivity contribution in [3.8, 4) is 0 Å². The summed E-state index contributed by atoms with van der Waals surface area (Å²) in [6, 6.07) is 7.82. The molecule has 21 heavy (non-hydrogen) atoms. The molecule has 0 fully saturated rings. The Hall–Kier alpha value is -2.04. The lowest BCUT2D eigenvalue weighted by Crippen LogP contribution is -2.38. The molecule has 0 aliphatic rings. The lowest BCUT2D eigenvalue weighted by Gasteiger charge is -2.20. The van der Waals surface area contributed by atoms with Gasteiger partial charge in [-0.15, -0.1) is 0 Å². The molecule has 0 unspecified atom stereocenters. The first-order chi connectivity index (χ1) is 9.65. The number of imide groups is 1. The molecule has 0 radical (unpaired) electrons. The average Bonchev–Trinajstić information content (AvgIpc) is 2.28. The van der Waals surface area contributed by atoms with E-state index >= 15 is 0 Å². The Morgan fingerprint density at radius 2 is 1.76 bits per heavy atom. The van der Waals surface area contributed by atoms with Crippen molar-refractivity contribution >= 4 is 17.7 Å². The number of nitrogens with one attached hydrogen (secondary N) is 2. The van der Waals surface area contributed by atoms with Gasteiger partial charge >= 0.3 is 6.09 Å². The van der Waals surface area contributed by atoms with Crippen molar-refractivity contribution in [2.75, 3.05) is 5.32 Å². The molecule has 116 valence electrons. The lowest BCUT2D eigenvalue weighted by molar-refractivity contribution is -0.120. The molecule has 1 aromatic rings. The highest BCUT2D eigenvalue weighted by atomic mass is 16.6. The summed E-state index contributed by atoms with van der Waals surface area (Å²) in [5, 5.41) is 5.43. The largest absolute Gasteiger partial charge is 0.444 e. The van der Waals surface area contributed by atoms with Crippen molar-refractivity contribution in [2.24, 2.45) is 0 Å². The van der Waals surface area contributed by atoms with Crippen LogP contribution >= 0.6 is 0 Å². The molecule has 2 N–H and O–H groups in total. The minimum Gasteiger partial charge on any atom is -0.444 e. The van der Waals surface area contributed by atoms with E-state index in [-0.39, 0.29) is 18.4 Å². The average molecular weight is 292 g/mol. The monoisotopic (exact) mass is 292 g/mol. The molecule has 0 aliphatic heterocycles. The molecule has 5 nitrogen and oxygen atoms in total. The number of amides is 2. The van der Waals surface area contributed by atoms with Crippen LogP contribution in [-0.4, -0.2) is 23.6 Å². The Morgan fingerprint density at radius 3 is 2.29 bits per heavy atom. The van der Waals surface area contributed by atoms with E-state index in [9.17, 15) is 9.59 Å². The first-order valence-corrected chi connectivity index (χ1v) is 7.02. The van der Waals surface area contributed by atoms with Gasteiger partial charge in [-0.25, -0.2) is 4.79 Å². The normalized spacial score (nSPS) is 12.4. The minimum absolute atomic E-state index is 0.0878. The van der Waals surface area contributed by atoms with Crippen molar-refractivity contribution in [3.05, 3.63) is 29.8 Å². The number of aryl methyl sites for hydroxylation is 1. The maximum absolute atomic E-state index is 11.7. The van der Waals surface area contributed by atoms with Crippen LogP contribution in [0.1, 0.15) is 39.7 Å². The van der Waals surface area contributed by atoms with Crippen molar-refractivity contribution in [1.29, 1.82) is 0 Å². The Balaban J connectivity index is 2.40. The first-order valence-electron chi connectivity index (χ1n) is 7.02. The third-order valence-corrected chi connectivity index (χ3v) is 2.60. The zero-order valence-corrected chi connectivity index (χ0v) is 13.3. The van der Waals surface area contributed by atoms with Crippen LogP contribution in [0, 0.1) is 6.92 Å². The van der Waals surface area contributed by atoms with E-state index < -0.39 is 11.7 Å². The number of benzene rings is 1. The number of ether oxygens (including phenoxy) is 1. The van der Waals surface area contributed by atoms with Gasteiger partial charge in [0.15, 0.2) is 0 Å².